The van der Waals surface area contributed by atoms with Gasteiger partial charge in [0.1, 0.15) is 12.2 Å². The Morgan fingerprint density at radius 1 is 1.02 bits per heavy atom. The number of piperidine rings is 1. The van der Waals surface area contributed by atoms with E-state index in [1.807, 2.05) is 6.07 Å². The number of hydrogen-bond acceptors (Lipinski definition) is 9. The molecule has 1 aromatic carbocycles. The number of rotatable bonds is 10. The van der Waals surface area contributed by atoms with Crippen molar-refractivity contribution in [1.82, 2.24) is 20.1 Å². The Hall–Kier alpha value is -4.32. The second kappa shape index (κ2) is 11.8. The largest absolute Gasteiger partial charge is 0.478 e. The number of aromatic nitrogens is 1. The number of unbranched alkanes of at least 4 members (excludes halogenated alkanes) is 2. The van der Waals surface area contributed by atoms with Gasteiger partial charge < -0.3 is 15.0 Å². The van der Waals surface area contributed by atoms with Crippen LogP contribution >= 0.6 is 0 Å². The van der Waals surface area contributed by atoms with E-state index in [4.69, 9.17) is 4.74 Å². The average molecular weight is 549 g/mol. The predicted octanol–water partition coefficient (Wildman–Crippen LogP) is 2.75. The summed E-state index contributed by atoms with van der Waals surface area (Å²) in [5, 5.41) is 13.3. The number of amides is 3. The summed E-state index contributed by atoms with van der Waals surface area (Å²) in [6.45, 7) is 8.67. The fourth-order valence-corrected chi connectivity index (χ4v) is 5.32. The van der Waals surface area contributed by atoms with Crippen molar-refractivity contribution in [2.24, 2.45) is 0 Å². The highest BCUT2D eigenvalue weighted by atomic mass is 16.6. The normalized spacial score (nSPS) is 19.6. The molecular weight excluding hydrogens is 516 g/mol. The number of nitrogens with one attached hydrogen (secondary N) is 1. The van der Waals surface area contributed by atoms with Gasteiger partial charge in [-0.05, 0) is 56.8 Å². The molecule has 2 aromatic rings. The van der Waals surface area contributed by atoms with Crippen molar-refractivity contribution in [2.45, 2.75) is 38.1 Å². The maximum Gasteiger partial charge on any atom is 0.287 e. The molecule has 12 heteroatoms. The van der Waals surface area contributed by atoms with Gasteiger partial charge in [0.15, 0.2) is 0 Å². The lowest BCUT2D eigenvalue weighted by Gasteiger charge is -2.36. The Morgan fingerprint density at radius 2 is 1.80 bits per heavy atom. The van der Waals surface area contributed by atoms with Crippen molar-refractivity contribution in [2.75, 3.05) is 44.2 Å². The van der Waals surface area contributed by atoms with Crippen LogP contribution in [-0.4, -0.2) is 82.8 Å². The van der Waals surface area contributed by atoms with Gasteiger partial charge >= 0.3 is 0 Å². The van der Waals surface area contributed by atoms with Gasteiger partial charge in [-0.3, -0.25) is 34.3 Å². The Labute approximate surface area is 231 Å². The van der Waals surface area contributed by atoms with Crippen LogP contribution in [0.2, 0.25) is 0 Å². The molecule has 0 radical (unpaired) electrons. The third-order valence-electron chi connectivity index (χ3n) is 7.57. The van der Waals surface area contributed by atoms with Crippen LogP contribution in [0.15, 0.2) is 48.8 Å². The number of ether oxygens (including phenoxy) is 1. The van der Waals surface area contributed by atoms with Crippen LogP contribution in [-0.2, 0) is 4.79 Å². The van der Waals surface area contributed by atoms with E-state index >= 15 is 0 Å². The summed E-state index contributed by atoms with van der Waals surface area (Å²) in [6.07, 6.45) is 5.01. The van der Waals surface area contributed by atoms with Gasteiger partial charge in [-0.2, -0.15) is 0 Å². The summed E-state index contributed by atoms with van der Waals surface area (Å²) in [5.41, 5.74) is 2.15. The maximum absolute atomic E-state index is 13.2. The topological polar surface area (TPSA) is 138 Å². The molecule has 0 bridgehead atoms. The summed E-state index contributed by atoms with van der Waals surface area (Å²) < 4.78 is 5.57. The lowest BCUT2D eigenvalue weighted by atomic mass is 10.0. The number of nitro groups is 1. The molecule has 1 aromatic heterocycles. The molecule has 4 heterocycles. The lowest BCUT2D eigenvalue weighted by Crippen LogP contribution is -2.51. The number of carbonyl (C=O) groups excluding carboxylic acids is 3. The van der Waals surface area contributed by atoms with Crippen LogP contribution in [0.3, 0.4) is 0 Å². The average Bonchev–Trinajstić information content (AvgIpc) is 3.20. The number of nitrogens with zero attached hydrogens (tertiary/aromatic N) is 5. The van der Waals surface area contributed by atoms with Gasteiger partial charge in [-0.25, -0.2) is 4.98 Å². The van der Waals surface area contributed by atoms with E-state index in [1.165, 1.54) is 18.3 Å². The van der Waals surface area contributed by atoms with Crippen molar-refractivity contribution in [3.8, 4) is 5.88 Å². The van der Waals surface area contributed by atoms with Gasteiger partial charge in [0.25, 0.3) is 17.5 Å². The summed E-state index contributed by atoms with van der Waals surface area (Å²) >= 11 is 0. The van der Waals surface area contributed by atoms with Crippen molar-refractivity contribution in [3.05, 3.63) is 70.0 Å². The number of piperazine rings is 1. The molecule has 40 heavy (non-hydrogen) atoms. The van der Waals surface area contributed by atoms with Gasteiger partial charge in [0.2, 0.25) is 11.8 Å². The van der Waals surface area contributed by atoms with Crippen molar-refractivity contribution < 1.29 is 24.0 Å². The number of hydrogen-bond donors (Lipinski definition) is 1. The van der Waals surface area contributed by atoms with Crippen molar-refractivity contribution >= 4 is 29.1 Å². The first-order valence-corrected chi connectivity index (χ1v) is 13.5. The number of anilines is 1. The summed E-state index contributed by atoms with van der Waals surface area (Å²) in [6, 6.07) is 7.44. The number of benzene rings is 1. The number of imide groups is 1. The molecule has 2 saturated heterocycles. The molecule has 210 valence electrons. The molecule has 12 nitrogen and oxygen atoms in total. The van der Waals surface area contributed by atoms with Gasteiger partial charge in [-0.15, -0.1) is 0 Å². The molecule has 3 amide bonds. The minimum atomic E-state index is -0.810. The zero-order valence-electron chi connectivity index (χ0n) is 22.2. The van der Waals surface area contributed by atoms with Crippen LogP contribution in [0.5, 0.6) is 5.88 Å². The van der Waals surface area contributed by atoms with Crippen LogP contribution < -0.4 is 15.0 Å². The van der Waals surface area contributed by atoms with E-state index in [9.17, 15) is 24.5 Å². The second-order valence-electron chi connectivity index (χ2n) is 10.2. The highest BCUT2D eigenvalue weighted by molar-refractivity contribution is 6.23. The minimum Gasteiger partial charge on any atom is -0.478 e. The van der Waals surface area contributed by atoms with E-state index in [-0.39, 0.29) is 11.6 Å². The molecular formula is C28H32N6O6. The molecule has 0 spiro atoms. The van der Waals surface area contributed by atoms with Gasteiger partial charge in [-0.1, -0.05) is 6.58 Å². The number of carbonyl (C=O) groups is 3. The molecule has 1 N–H and O–H groups in total. The van der Waals surface area contributed by atoms with Crippen LogP contribution in [0.1, 0.15) is 52.8 Å². The molecule has 5 rings (SSSR count). The molecule has 1 unspecified atom stereocenters. The van der Waals surface area contributed by atoms with Crippen LogP contribution in [0.25, 0.3) is 0 Å². The first-order valence-electron chi connectivity index (χ1n) is 13.5. The Kier molecular flexibility index (Phi) is 8.06. The second-order valence-corrected chi connectivity index (χ2v) is 10.2. The monoisotopic (exact) mass is 548 g/mol. The standard InChI is InChI=1S/C28H32N6O6/c1-19-5-9-24(26(35)30-19)33-27(36)22-8-6-20(17-23(22)28(33)37)32-14-12-31(13-15-32)11-3-2-4-16-40-25-10-7-21(18-29-25)34(38)39/h6-8,10,17-18,24H,1-5,9,11-16H2,(H,30,35). The number of allylic oxidation sites excluding steroid dienone is 1. The fourth-order valence-electron chi connectivity index (χ4n) is 5.32. The highest BCUT2D eigenvalue weighted by Gasteiger charge is 2.44. The van der Waals surface area contributed by atoms with Crippen LogP contribution in [0.4, 0.5) is 11.4 Å². The zero-order valence-corrected chi connectivity index (χ0v) is 22.2. The first kappa shape index (κ1) is 27.3. The molecule has 0 saturated carbocycles. The fraction of sp³-hybridized carbons (Fsp3) is 0.429. The SMILES string of the molecule is C=C1CCC(N2C(=O)c3ccc(N4CCN(CCCCCOc5ccc([N+](=O)[O-])cn5)CC4)cc3C2=O)C(=O)N1. The summed E-state index contributed by atoms with van der Waals surface area (Å²) in [4.78, 5) is 58.5. The van der Waals surface area contributed by atoms with E-state index in [2.05, 4.69) is 26.7 Å². The van der Waals surface area contributed by atoms with E-state index in [0.29, 0.717) is 42.2 Å². The molecule has 3 aliphatic rings. The molecule has 2 fully saturated rings. The van der Waals surface area contributed by atoms with E-state index < -0.39 is 22.8 Å². The van der Waals surface area contributed by atoms with E-state index in [1.54, 1.807) is 12.1 Å². The summed E-state index contributed by atoms with van der Waals surface area (Å²) in [7, 11) is 0. The third kappa shape index (κ3) is 5.81. The van der Waals surface area contributed by atoms with Gasteiger partial charge in [0.05, 0.1) is 22.7 Å². The third-order valence-corrected chi connectivity index (χ3v) is 7.57. The minimum absolute atomic E-state index is 0.0591. The Bertz CT molecular complexity index is 1320. The number of pyridine rings is 1. The summed E-state index contributed by atoms with van der Waals surface area (Å²) in [5.74, 6) is -0.811. The molecule has 3 aliphatic heterocycles. The Morgan fingerprint density at radius 3 is 2.50 bits per heavy atom. The first-order chi connectivity index (χ1) is 19.3. The molecule has 1 atom stereocenters. The number of fused-ring (bicyclic) bond motifs is 1. The zero-order chi connectivity index (χ0) is 28.2. The van der Waals surface area contributed by atoms with E-state index in [0.717, 1.165) is 62.6 Å². The van der Waals surface area contributed by atoms with Crippen molar-refractivity contribution in [1.29, 1.82) is 0 Å². The van der Waals surface area contributed by atoms with Crippen molar-refractivity contribution in [3.63, 3.8) is 0 Å². The Balaban J connectivity index is 1.05. The lowest BCUT2D eigenvalue weighted by molar-refractivity contribution is -0.385. The maximum atomic E-state index is 13.2. The van der Waals surface area contributed by atoms with Gasteiger partial charge in [0, 0.05) is 49.7 Å². The highest BCUT2D eigenvalue weighted by Crippen LogP contribution is 2.31. The predicted molar refractivity (Wildman–Crippen MR) is 146 cm³/mol. The smallest absolute Gasteiger partial charge is 0.287 e. The molecule has 0 aliphatic carbocycles. The quantitative estimate of drug-likeness (QED) is 0.206. The van der Waals surface area contributed by atoms with Crippen LogP contribution in [0, 0.1) is 10.1 Å².